The first-order valence-electron chi connectivity index (χ1n) is 14.6. The smallest absolute Gasteiger partial charge is 0.0894 e. The third-order valence-corrected chi connectivity index (χ3v) is 10.1. The van der Waals surface area contributed by atoms with Gasteiger partial charge in [-0.1, -0.05) is 91.0 Å². The first-order chi connectivity index (χ1) is 21.3. The van der Waals surface area contributed by atoms with Crippen LogP contribution in [0.4, 0.5) is 0 Å². The summed E-state index contributed by atoms with van der Waals surface area (Å²) in [6.45, 7) is 0. The van der Waals surface area contributed by atoms with E-state index in [1.165, 1.54) is 63.8 Å². The van der Waals surface area contributed by atoms with E-state index in [2.05, 4.69) is 143 Å². The molecule has 0 unspecified atom stereocenters. The fourth-order valence-electron chi connectivity index (χ4n) is 7.09. The zero-order chi connectivity index (χ0) is 28.1. The van der Waals surface area contributed by atoms with Crippen LogP contribution in [0.1, 0.15) is 0 Å². The van der Waals surface area contributed by atoms with E-state index in [-0.39, 0.29) is 0 Å². The Morgan fingerprint density at radius 2 is 1.05 bits per heavy atom. The maximum absolute atomic E-state index is 4.97. The van der Waals surface area contributed by atoms with Crippen molar-refractivity contribution in [3.05, 3.63) is 140 Å². The predicted octanol–water partition coefficient (Wildman–Crippen LogP) is 10.8. The zero-order valence-corrected chi connectivity index (χ0v) is 23.8. The van der Waals surface area contributed by atoms with Gasteiger partial charge < -0.3 is 9.13 Å². The van der Waals surface area contributed by atoms with Crippen LogP contribution >= 0.6 is 11.3 Å². The Balaban J connectivity index is 1.36. The fraction of sp³-hybridized carbons (Fsp3) is 0. The van der Waals surface area contributed by atoms with Crippen LogP contribution in [0.15, 0.2) is 140 Å². The molecule has 0 radical (unpaired) electrons. The molecular formula is C39H23N3S. The summed E-state index contributed by atoms with van der Waals surface area (Å²) in [5.41, 5.74) is 8.24. The molecule has 0 bridgehead atoms. The molecule has 0 N–H and O–H groups in total. The molecule has 3 nitrogen and oxygen atoms in total. The van der Waals surface area contributed by atoms with Crippen LogP contribution in [-0.4, -0.2) is 14.1 Å². The van der Waals surface area contributed by atoms with E-state index in [4.69, 9.17) is 4.98 Å². The second kappa shape index (κ2) is 8.54. The van der Waals surface area contributed by atoms with Crippen molar-refractivity contribution in [1.29, 1.82) is 0 Å². The number of para-hydroxylation sites is 3. The quantitative estimate of drug-likeness (QED) is 0.204. The molecular weight excluding hydrogens is 543 g/mol. The van der Waals surface area contributed by atoms with Gasteiger partial charge in [0.25, 0.3) is 0 Å². The number of pyridine rings is 1. The Labute approximate surface area is 250 Å². The average Bonchev–Trinajstić information content (AvgIpc) is 3.73. The highest BCUT2D eigenvalue weighted by Crippen LogP contribution is 2.43. The number of hydrogen-bond donors (Lipinski definition) is 0. The van der Waals surface area contributed by atoms with Crippen molar-refractivity contribution in [3.8, 4) is 11.4 Å². The second-order valence-electron chi connectivity index (χ2n) is 11.2. The number of rotatable bonds is 2. The minimum absolute atomic E-state index is 1.09. The molecule has 10 rings (SSSR count). The highest BCUT2D eigenvalue weighted by Gasteiger charge is 2.21. The number of fused-ring (bicyclic) bond motifs is 12. The molecule has 200 valence electrons. The number of aromatic nitrogens is 3. The third-order valence-electron chi connectivity index (χ3n) is 8.92. The third kappa shape index (κ3) is 3.10. The van der Waals surface area contributed by atoms with Crippen molar-refractivity contribution in [1.82, 2.24) is 14.1 Å². The Morgan fingerprint density at radius 1 is 0.465 bits per heavy atom. The Bertz CT molecular complexity index is 2730. The first kappa shape index (κ1) is 23.1. The van der Waals surface area contributed by atoms with Crippen molar-refractivity contribution >= 4 is 86.0 Å². The number of benzene rings is 6. The van der Waals surface area contributed by atoms with E-state index in [1.54, 1.807) is 0 Å². The van der Waals surface area contributed by atoms with Gasteiger partial charge in [-0.05, 0) is 42.5 Å². The van der Waals surface area contributed by atoms with Crippen LogP contribution in [-0.2, 0) is 0 Å². The lowest BCUT2D eigenvalue weighted by molar-refractivity contribution is 1.15. The molecule has 0 spiro atoms. The van der Waals surface area contributed by atoms with E-state index in [0.717, 1.165) is 22.3 Å². The number of hydrogen-bond acceptors (Lipinski definition) is 2. The lowest BCUT2D eigenvalue weighted by Gasteiger charge is -2.13. The van der Waals surface area contributed by atoms with E-state index in [9.17, 15) is 0 Å². The summed E-state index contributed by atoms with van der Waals surface area (Å²) < 4.78 is 7.42. The van der Waals surface area contributed by atoms with Gasteiger partial charge in [0.2, 0.25) is 0 Å². The summed E-state index contributed by atoms with van der Waals surface area (Å²) in [6.07, 6.45) is 2.05. The number of nitrogens with zero attached hydrogens (tertiary/aromatic N) is 3. The summed E-state index contributed by atoms with van der Waals surface area (Å²) in [7, 11) is 0. The maximum atomic E-state index is 4.97. The molecule has 6 aromatic carbocycles. The molecule has 4 heteroatoms. The topological polar surface area (TPSA) is 22.8 Å². The molecule has 0 saturated carbocycles. The SMILES string of the molecule is c1ccc(-n2c3ccccc3c3ccc4c5ccccc5n(-c5ccc6c(cnc7c8ccccc8sc67)c5)c4c32)cc1. The zero-order valence-electron chi connectivity index (χ0n) is 23.0. The van der Waals surface area contributed by atoms with Gasteiger partial charge in [-0.25, -0.2) is 0 Å². The first-order valence-corrected chi connectivity index (χ1v) is 15.4. The van der Waals surface area contributed by atoms with Gasteiger partial charge in [-0.3, -0.25) is 4.98 Å². The largest absolute Gasteiger partial charge is 0.307 e. The van der Waals surface area contributed by atoms with Gasteiger partial charge in [0, 0.05) is 60.0 Å². The second-order valence-corrected chi connectivity index (χ2v) is 12.3. The molecule has 0 saturated heterocycles. The van der Waals surface area contributed by atoms with Crippen LogP contribution in [0.5, 0.6) is 0 Å². The molecule has 0 amide bonds. The Morgan fingerprint density at radius 3 is 1.77 bits per heavy atom. The van der Waals surface area contributed by atoms with Gasteiger partial charge in [-0.2, -0.15) is 0 Å². The molecule has 0 atom stereocenters. The van der Waals surface area contributed by atoms with Crippen molar-refractivity contribution in [2.75, 3.05) is 0 Å². The summed E-state index contributed by atoms with van der Waals surface area (Å²) in [5, 5.41) is 8.65. The molecule has 0 aliphatic heterocycles. The minimum atomic E-state index is 1.09. The molecule has 10 aromatic rings. The van der Waals surface area contributed by atoms with Crippen molar-refractivity contribution in [3.63, 3.8) is 0 Å². The van der Waals surface area contributed by atoms with Gasteiger partial charge >= 0.3 is 0 Å². The molecule has 0 fully saturated rings. The molecule has 4 heterocycles. The van der Waals surface area contributed by atoms with Crippen molar-refractivity contribution in [2.45, 2.75) is 0 Å². The monoisotopic (exact) mass is 565 g/mol. The van der Waals surface area contributed by atoms with E-state index < -0.39 is 0 Å². The summed E-state index contributed by atoms with van der Waals surface area (Å²) in [6, 6.07) is 48.3. The highest BCUT2D eigenvalue weighted by molar-refractivity contribution is 7.26. The van der Waals surface area contributed by atoms with Crippen LogP contribution < -0.4 is 0 Å². The summed E-state index contributed by atoms with van der Waals surface area (Å²) in [4.78, 5) is 4.97. The molecule has 0 aliphatic rings. The van der Waals surface area contributed by atoms with Crippen molar-refractivity contribution < 1.29 is 0 Å². The molecule has 4 aromatic heterocycles. The van der Waals surface area contributed by atoms with Crippen LogP contribution in [0.3, 0.4) is 0 Å². The predicted molar refractivity (Wildman–Crippen MR) is 183 cm³/mol. The lowest BCUT2D eigenvalue weighted by Crippen LogP contribution is -1.98. The van der Waals surface area contributed by atoms with Gasteiger partial charge in [0.05, 0.1) is 32.3 Å². The normalized spacial score (nSPS) is 12.2. The van der Waals surface area contributed by atoms with E-state index >= 15 is 0 Å². The van der Waals surface area contributed by atoms with Crippen LogP contribution in [0.25, 0.3) is 86.1 Å². The average molecular weight is 566 g/mol. The van der Waals surface area contributed by atoms with Crippen LogP contribution in [0, 0.1) is 0 Å². The van der Waals surface area contributed by atoms with Crippen LogP contribution in [0.2, 0.25) is 0 Å². The maximum Gasteiger partial charge on any atom is 0.0894 e. The molecule has 0 aliphatic carbocycles. The Hall–Kier alpha value is -5.45. The van der Waals surface area contributed by atoms with E-state index in [1.807, 2.05) is 17.5 Å². The van der Waals surface area contributed by atoms with Crippen molar-refractivity contribution in [2.24, 2.45) is 0 Å². The van der Waals surface area contributed by atoms with E-state index in [0.29, 0.717) is 0 Å². The Kier molecular flexibility index (Phi) is 4.60. The minimum Gasteiger partial charge on any atom is -0.307 e. The van der Waals surface area contributed by atoms with Gasteiger partial charge in [-0.15, -0.1) is 11.3 Å². The fourth-order valence-corrected chi connectivity index (χ4v) is 8.29. The summed E-state index contributed by atoms with van der Waals surface area (Å²) >= 11 is 1.83. The van der Waals surface area contributed by atoms with Gasteiger partial charge in [0.1, 0.15) is 0 Å². The highest BCUT2D eigenvalue weighted by atomic mass is 32.1. The number of thiophene rings is 1. The lowest BCUT2D eigenvalue weighted by atomic mass is 10.1. The van der Waals surface area contributed by atoms with Gasteiger partial charge in [0.15, 0.2) is 0 Å². The summed E-state index contributed by atoms with van der Waals surface area (Å²) in [5.74, 6) is 0. The standard InChI is InChI=1S/C39H23N3S/c1-2-10-25(11-3-1)41-33-15-7-4-12-28(33)30-20-21-31-29-13-5-8-16-34(29)42(38(31)37(30)41)26-18-19-27-24(22-26)23-40-36-32-14-6-9-17-35(32)43-39(27)36/h1-23H. The molecule has 43 heavy (non-hydrogen) atoms.